The number of aryl methyl sites for hydroxylation is 1. The number of nitrogens with two attached hydrogens (primary N) is 1. The van der Waals surface area contributed by atoms with E-state index >= 15 is 0 Å². The van der Waals surface area contributed by atoms with E-state index in [9.17, 15) is 9.18 Å². The molecule has 0 aliphatic carbocycles. The van der Waals surface area contributed by atoms with Crippen LogP contribution in [0.15, 0.2) is 24.3 Å². The van der Waals surface area contributed by atoms with Crippen LogP contribution in [0.1, 0.15) is 23.0 Å². The van der Waals surface area contributed by atoms with Crippen molar-refractivity contribution in [3.8, 4) is 5.69 Å². The van der Waals surface area contributed by atoms with Gasteiger partial charge in [0.2, 0.25) is 0 Å². The van der Waals surface area contributed by atoms with Gasteiger partial charge in [-0.1, -0.05) is 12.1 Å². The van der Waals surface area contributed by atoms with Crippen molar-refractivity contribution in [3.63, 3.8) is 0 Å². The van der Waals surface area contributed by atoms with Gasteiger partial charge in [0.05, 0.1) is 24.9 Å². The fraction of sp³-hybridized carbons (Fsp3) is 0.375. The van der Waals surface area contributed by atoms with Gasteiger partial charge < -0.3 is 15.4 Å². The zero-order valence-electron chi connectivity index (χ0n) is 13.1. The van der Waals surface area contributed by atoms with Gasteiger partial charge in [-0.2, -0.15) is 5.10 Å². The van der Waals surface area contributed by atoms with Crippen LogP contribution in [0.3, 0.4) is 0 Å². The van der Waals surface area contributed by atoms with Gasteiger partial charge >= 0.3 is 6.03 Å². The largest absolute Gasteiger partial charge is 0.377 e. The normalized spacial score (nSPS) is 18.2. The number of aromatic nitrogens is 2. The summed E-state index contributed by atoms with van der Waals surface area (Å²) in [6.45, 7) is 4.94. The lowest BCUT2D eigenvalue weighted by molar-refractivity contribution is 0.0133. The van der Waals surface area contributed by atoms with Gasteiger partial charge in [-0.15, -0.1) is 0 Å². The SMILES string of the molecule is Cc1nn(-c2ccccc2F)c(C)c1[C@H]1COCCN1C(N)=O. The van der Waals surface area contributed by atoms with E-state index in [1.165, 1.54) is 6.07 Å². The number of amides is 2. The van der Waals surface area contributed by atoms with Crippen molar-refractivity contribution in [1.82, 2.24) is 14.7 Å². The van der Waals surface area contributed by atoms with Gasteiger partial charge in [0.15, 0.2) is 0 Å². The number of hydrogen-bond donors (Lipinski definition) is 1. The standard InChI is InChI=1S/C16H19FN4O2/c1-10-15(14-9-23-8-7-20(14)16(18)22)11(2)21(19-10)13-6-4-3-5-12(13)17/h3-6,14H,7-9H2,1-2H3,(H2,18,22)/t14-/m1/s1. The first-order chi connectivity index (χ1) is 11.0. The Hall–Kier alpha value is -2.41. The van der Waals surface area contributed by atoms with Crippen LogP contribution >= 0.6 is 0 Å². The molecule has 1 aromatic heterocycles. The maximum absolute atomic E-state index is 14.1. The van der Waals surface area contributed by atoms with E-state index in [0.717, 1.165) is 17.0 Å². The lowest BCUT2D eigenvalue weighted by Crippen LogP contribution is -2.46. The number of ether oxygens (including phenoxy) is 1. The number of rotatable bonds is 2. The van der Waals surface area contributed by atoms with Gasteiger partial charge in [0.1, 0.15) is 11.5 Å². The Morgan fingerprint density at radius 1 is 1.39 bits per heavy atom. The van der Waals surface area contributed by atoms with Crippen LogP contribution in [0.25, 0.3) is 5.69 Å². The van der Waals surface area contributed by atoms with E-state index in [1.807, 2.05) is 13.8 Å². The third-order valence-electron chi connectivity index (χ3n) is 4.17. The quantitative estimate of drug-likeness (QED) is 0.921. The highest BCUT2D eigenvalue weighted by Gasteiger charge is 2.32. The molecule has 0 spiro atoms. The number of urea groups is 1. The Bertz CT molecular complexity index is 744. The minimum atomic E-state index is -0.490. The highest BCUT2D eigenvalue weighted by atomic mass is 19.1. The third-order valence-corrected chi connectivity index (χ3v) is 4.17. The molecule has 23 heavy (non-hydrogen) atoms. The lowest BCUT2D eigenvalue weighted by atomic mass is 10.0. The predicted octanol–water partition coefficient (Wildman–Crippen LogP) is 2.08. The molecule has 1 atom stereocenters. The summed E-state index contributed by atoms with van der Waals surface area (Å²) in [5.41, 5.74) is 8.21. The van der Waals surface area contributed by atoms with Crippen molar-refractivity contribution in [3.05, 3.63) is 47.0 Å². The third kappa shape index (κ3) is 2.68. The molecule has 1 aliphatic rings. The molecule has 1 saturated heterocycles. The summed E-state index contributed by atoms with van der Waals surface area (Å²) in [4.78, 5) is 13.3. The van der Waals surface area contributed by atoms with Gasteiger partial charge in [-0.25, -0.2) is 13.9 Å². The summed E-state index contributed by atoms with van der Waals surface area (Å²) in [6.07, 6.45) is 0. The molecule has 1 aromatic carbocycles. The van der Waals surface area contributed by atoms with E-state index in [4.69, 9.17) is 10.5 Å². The van der Waals surface area contributed by atoms with Crippen LogP contribution in [0.2, 0.25) is 0 Å². The van der Waals surface area contributed by atoms with E-state index in [1.54, 1.807) is 27.8 Å². The first kappa shape index (κ1) is 15.5. The van der Waals surface area contributed by atoms with Gasteiger partial charge in [-0.05, 0) is 26.0 Å². The molecule has 2 amide bonds. The van der Waals surface area contributed by atoms with Crippen LogP contribution in [-0.2, 0) is 4.74 Å². The summed E-state index contributed by atoms with van der Waals surface area (Å²) in [5, 5.41) is 4.45. The summed E-state index contributed by atoms with van der Waals surface area (Å²) in [6, 6.07) is 5.66. The van der Waals surface area contributed by atoms with Gasteiger partial charge in [0, 0.05) is 17.8 Å². The van der Waals surface area contributed by atoms with Crippen molar-refractivity contribution < 1.29 is 13.9 Å². The Morgan fingerprint density at radius 2 is 2.13 bits per heavy atom. The number of benzene rings is 1. The number of nitrogens with zero attached hydrogens (tertiary/aromatic N) is 3. The fourth-order valence-electron chi connectivity index (χ4n) is 3.10. The molecular formula is C16H19FN4O2. The van der Waals surface area contributed by atoms with Crippen molar-refractivity contribution in [2.45, 2.75) is 19.9 Å². The number of carbonyl (C=O) groups excluding carboxylic acids is 1. The Balaban J connectivity index is 2.08. The van der Waals surface area contributed by atoms with Crippen LogP contribution in [0, 0.1) is 19.7 Å². The molecule has 7 heteroatoms. The van der Waals surface area contributed by atoms with Crippen LogP contribution in [-0.4, -0.2) is 40.5 Å². The van der Waals surface area contributed by atoms with Crippen LogP contribution in [0.5, 0.6) is 0 Å². The van der Waals surface area contributed by atoms with E-state index in [2.05, 4.69) is 5.10 Å². The molecule has 1 fully saturated rings. The first-order valence-corrected chi connectivity index (χ1v) is 7.45. The minimum Gasteiger partial charge on any atom is -0.377 e. The topological polar surface area (TPSA) is 73.4 Å². The smallest absolute Gasteiger partial charge is 0.315 e. The van der Waals surface area contributed by atoms with E-state index < -0.39 is 6.03 Å². The molecule has 2 heterocycles. The highest BCUT2D eigenvalue weighted by molar-refractivity contribution is 5.73. The average molecular weight is 318 g/mol. The van der Waals surface area contributed by atoms with Crippen molar-refractivity contribution in [2.24, 2.45) is 5.73 Å². The molecule has 6 nitrogen and oxygen atoms in total. The second-order valence-corrected chi connectivity index (χ2v) is 5.57. The monoisotopic (exact) mass is 318 g/mol. The second kappa shape index (κ2) is 6.00. The molecular weight excluding hydrogens is 299 g/mol. The molecule has 1 aliphatic heterocycles. The maximum atomic E-state index is 14.1. The molecule has 0 radical (unpaired) electrons. The Labute approximate surface area is 133 Å². The number of halogens is 1. The number of morpholine rings is 1. The summed E-state index contributed by atoms with van der Waals surface area (Å²) < 4.78 is 21.1. The molecule has 3 rings (SSSR count). The molecule has 0 unspecified atom stereocenters. The van der Waals surface area contributed by atoms with E-state index in [0.29, 0.717) is 25.4 Å². The number of hydrogen-bond acceptors (Lipinski definition) is 3. The van der Waals surface area contributed by atoms with Crippen molar-refractivity contribution >= 4 is 6.03 Å². The molecule has 0 saturated carbocycles. The second-order valence-electron chi connectivity index (χ2n) is 5.57. The zero-order valence-corrected chi connectivity index (χ0v) is 13.1. The molecule has 2 aromatic rings. The predicted molar refractivity (Wildman–Crippen MR) is 82.8 cm³/mol. The average Bonchev–Trinajstić information content (AvgIpc) is 2.82. The molecule has 122 valence electrons. The van der Waals surface area contributed by atoms with Crippen LogP contribution in [0.4, 0.5) is 9.18 Å². The Morgan fingerprint density at radius 3 is 2.83 bits per heavy atom. The van der Waals surface area contributed by atoms with Crippen molar-refractivity contribution in [1.29, 1.82) is 0 Å². The molecule has 2 N–H and O–H groups in total. The summed E-state index contributed by atoms with van der Waals surface area (Å²) in [5.74, 6) is -0.351. The summed E-state index contributed by atoms with van der Waals surface area (Å²) in [7, 11) is 0. The maximum Gasteiger partial charge on any atom is 0.315 e. The first-order valence-electron chi connectivity index (χ1n) is 7.45. The fourth-order valence-corrected chi connectivity index (χ4v) is 3.10. The minimum absolute atomic E-state index is 0.304. The van der Waals surface area contributed by atoms with Gasteiger partial charge in [0.25, 0.3) is 0 Å². The van der Waals surface area contributed by atoms with Crippen molar-refractivity contribution in [2.75, 3.05) is 19.8 Å². The summed E-state index contributed by atoms with van der Waals surface area (Å²) >= 11 is 0. The number of carbonyl (C=O) groups is 1. The zero-order chi connectivity index (χ0) is 16.6. The van der Waals surface area contributed by atoms with E-state index in [-0.39, 0.29) is 11.9 Å². The molecule has 0 bridgehead atoms. The highest BCUT2D eigenvalue weighted by Crippen LogP contribution is 2.30. The number of para-hydroxylation sites is 1. The Kier molecular flexibility index (Phi) is 4.04. The number of primary amides is 1. The lowest BCUT2D eigenvalue weighted by Gasteiger charge is -2.34. The van der Waals surface area contributed by atoms with Gasteiger partial charge in [-0.3, -0.25) is 0 Å². The van der Waals surface area contributed by atoms with Crippen LogP contribution < -0.4 is 5.73 Å².